The number of nitrogens with zero attached hydrogens (tertiary/aromatic N) is 3. The molecule has 92 valence electrons. The van der Waals surface area contributed by atoms with E-state index in [-0.39, 0.29) is 5.91 Å². The van der Waals surface area contributed by atoms with Crippen molar-refractivity contribution in [3.05, 3.63) is 17.8 Å². The van der Waals surface area contributed by atoms with Crippen LogP contribution in [0, 0.1) is 6.92 Å². The lowest BCUT2D eigenvalue weighted by Gasteiger charge is -2.35. The summed E-state index contributed by atoms with van der Waals surface area (Å²) in [6, 6.07) is 2.05. The summed E-state index contributed by atoms with van der Waals surface area (Å²) >= 11 is 0. The quantitative estimate of drug-likeness (QED) is 0.774. The van der Waals surface area contributed by atoms with E-state index in [1.165, 1.54) is 0 Å². The summed E-state index contributed by atoms with van der Waals surface area (Å²) in [7, 11) is 0. The average Bonchev–Trinajstić information content (AvgIpc) is 2.33. The summed E-state index contributed by atoms with van der Waals surface area (Å²) in [6.07, 6.45) is 1.80. The number of aromatic nitrogens is 1. The van der Waals surface area contributed by atoms with Crippen LogP contribution in [0.4, 0.5) is 11.5 Å². The molecule has 0 saturated carbocycles. The predicted octanol–water partition coefficient (Wildman–Crippen LogP) is 0.641. The Morgan fingerprint density at radius 3 is 2.53 bits per heavy atom. The molecule has 1 aliphatic heterocycles. The van der Waals surface area contributed by atoms with Crippen molar-refractivity contribution in [3.63, 3.8) is 0 Å². The lowest BCUT2D eigenvalue weighted by Crippen LogP contribution is -2.48. The van der Waals surface area contributed by atoms with Gasteiger partial charge in [0.2, 0.25) is 5.91 Å². The maximum absolute atomic E-state index is 11.2. The van der Waals surface area contributed by atoms with Crippen LogP contribution in [0.3, 0.4) is 0 Å². The Labute approximate surface area is 101 Å². The third-order valence-corrected chi connectivity index (χ3v) is 3.19. The first-order valence-electron chi connectivity index (χ1n) is 5.80. The molecule has 1 aromatic heterocycles. The molecule has 5 nitrogen and oxygen atoms in total. The number of carbonyl (C=O) groups is 1. The van der Waals surface area contributed by atoms with E-state index < -0.39 is 0 Å². The third kappa shape index (κ3) is 2.49. The molecule has 2 rings (SSSR count). The summed E-state index contributed by atoms with van der Waals surface area (Å²) < 4.78 is 0. The van der Waals surface area contributed by atoms with Gasteiger partial charge in [-0.1, -0.05) is 0 Å². The smallest absolute Gasteiger partial charge is 0.219 e. The highest BCUT2D eigenvalue weighted by molar-refractivity contribution is 5.73. The topological polar surface area (TPSA) is 62.5 Å². The molecule has 0 aromatic carbocycles. The van der Waals surface area contributed by atoms with Crippen molar-refractivity contribution in [2.45, 2.75) is 13.8 Å². The zero-order chi connectivity index (χ0) is 12.4. The average molecular weight is 234 g/mol. The Bertz CT molecular complexity index is 425. The largest absolute Gasteiger partial charge is 0.383 e. The van der Waals surface area contributed by atoms with Gasteiger partial charge in [-0.15, -0.1) is 0 Å². The van der Waals surface area contributed by atoms with Crippen molar-refractivity contribution in [1.82, 2.24) is 9.88 Å². The summed E-state index contributed by atoms with van der Waals surface area (Å²) in [6.45, 7) is 6.83. The van der Waals surface area contributed by atoms with E-state index in [4.69, 9.17) is 5.73 Å². The van der Waals surface area contributed by atoms with Crippen LogP contribution in [0.25, 0.3) is 0 Å². The monoisotopic (exact) mass is 234 g/mol. The predicted molar refractivity (Wildman–Crippen MR) is 67.9 cm³/mol. The van der Waals surface area contributed by atoms with Gasteiger partial charge >= 0.3 is 0 Å². The van der Waals surface area contributed by atoms with E-state index in [0.29, 0.717) is 5.82 Å². The molecule has 0 radical (unpaired) electrons. The van der Waals surface area contributed by atoms with Gasteiger partial charge in [0.1, 0.15) is 5.82 Å². The molecule has 0 bridgehead atoms. The van der Waals surface area contributed by atoms with Crippen molar-refractivity contribution >= 4 is 17.4 Å². The Hall–Kier alpha value is -1.78. The lowest BCUT2D eigenvalue weighted by atomic mass is 10.2. The first-order chi connectivity index (χ1) is 8.08. The van der Waals surface area contributed by atoms with Crippen LogP contribution in [0.1, 0.15) is 12.5 Å². The zero-order valence-corrected chi connectivity index (χ0v) is 10.3. The Kier molecular flexibility index (Phi) is 3.17. The molecule has 5 heteroatoms. The second kappa shape index (κ2) is 4.61. The summed E-state index contributed by atoms with van der Waals surface area (Å²) in [4.78, 5) is 19.5. The Morgan fingerprint density at radius 2 is 2.00 bits per heavy atom. The van der Waals surface area contributed by atoms with Gasteiger partial charge in [0, 0.05) is 33.1 Å². The fourth-order valence-electron chi connectivity index (χ4n) is 2.02. The van der Waals surface area contributed by atoms with Gasteiger partial charge in [0.15, 0.2) is 0 Å². The first-order valence-corrected chi connectivity index (χ1v) is 5.80. The van der Waals surface area contributed by atoms with Crippen LogP contribution < -0.4 is 10.6 Å². The summed E-state index contributed by atoms with van der Waals surface area (Å²) in [5.41, 5.74) is 7.78. The van der Waals surface area contributed by atoms with Gasteiger partial charge in [-0.3, -0.25) is 4.79 Å². The maximum atomic E-state index is 11.2. The number of pyridine rings is 1. The highest BCUT2D eigenvalue weighted by Gasteiger charge is 2.19. The van der Waals surface area contributed by atoms with Crippen molar-refractivity contribution in [2.75, 3.05) is 36.8 Å². The molecule has 1 fully saturated rings. The van der Waals surface area contributed by atoms with E-state index >= 15 is 0 Å². The third-order valence-electron chi connectivity index (χ3n) is 3.19. The Morgan fingerprint density at radius 1 is 1.35 bits per heavy atom. The van der Waals surface area contributed by atoms with Crippen LogP contribution in [0.5, 0.6) is 0 Å². The van der Waals surface area contributed by atoms with Crippen molar-refractivity contribution in [3.8, 4) is 0 Å². The minimum atomic E-state index is 0.149. The van der Waals surface area contributed by atoms with E-state index in [0.717, 1.165) is 37.4 Å². The standard InChI is InChI=1S/C12H18N4O/c1-9-7-11(8-14-12(9)13)16-5-3-15(4-6-16)10(2)17/h7-8H,3-6H2,1-2H3,(H2,13,14). The number of hydrogen-bond acceptors (Lipinski definition) is 4. The second-order valence-corrected chi connectivity index (χ2v) is 4.39. The van der Waals surface area contributed by atoms with Crippen LogP contribution in [0.15, 0.2) is 12.3 Å². The SMILES string of the molecule is CC(=O)N1CCN(c2cnc(N)c(C)c2)CC1. The molecule has 1 saturated heterocycles. The zero-order valence-electron chi connectivity index (χ0n) is 10.3. The number of aryl methyl sites for hydroxylation is 1. The van der Waals surface area contributed by atoms with Crippen molar-refractivity contribution in [1.29, 1.82) is 0 Å². The van der Waals surface area contributed by atoms with Crippen molar-refractivity contribution in [2.24, 2.45) is 0 Å². The molecular formula is C12H18N4O. The van der Waals surface area contributed by atoms with Gasteiger partial charge in [-0.05, 0) is 18.6 Å². The molecule has 1 aliphatic rings. The lowest BCUT2D eigenvalue weighted by molar-refractivity contribution is -0.129. The highest BCUT2D eigenvalue weighted by Crippen LogP contribution is 2.19. The van der Waals surface area contributed by atoms with E-state index in [1.54, 1.807) is 13.1 Å². The number of nitrogen functional groups attached to an aromatic ring is 1. The Balaban J connectivity index is 2.05. The number of hydrogen-bond donors (Lipinski definition) is 1. The first kappa shape index (κ1) is 11.7. The number of anilines is 2. The van der Waals surface area contributed by atoms with E-state index in [2.05, 4.69) is 9.88 Å². The van der Waals surface area contributed by atoms with Crippen molar-refractivity contribution < 1.29 is 4.79 Å². The van der Waals surface area contributed by atoms with Crippen LogP contribution in [0.2, 0.25) is 0 Å². The molecule has 17 heavy (non-hydrogen) atoms. The van der Waals surface area contributed by atoms with Gasteiger partial charge in [0.05, 0.1) is 11.9 Å². The number of amides is 1. The molecule has 2 heterocycles. The molecular weight excluding hydrogens is 216 g/mol. The minimum Gasteiger partial charge on any atom is -0.383 e. The van der Waals surface area contributed by atoms with Gasteiger partial charge in [-0.25, -0.2) is 4.98 Å². The molecule has 2 N–H and O–H groups in total. The fourth-order valence-corrected chi connectivity index (χ4v) is 2.02. The fraction of sp³-hybridized carbons (Fsp3) is 0.500. The molecule has 0 aliphatic carbocycles. The molecule has 1 amide bonds. The minimum absolute atomic E-state index is 0.149. The normalized spacial score (nSPS) is 16.1. The van der Waals surface area contributed by atoms with Gasteiger partial charge in [0.25, 0.3) is 0 Å². The molecule has 1 aromatic rings. The summed E-state index contributed by atoms with van der Waals surface area (Å²) in [5.74, 6) is 0.729. The second-order valence-electron chi connectivity index (χ2n) is 4.39. The summed E-state index contributed by atoms with van der Waals surface area (Å²) in [5, 5.41) is 0. The van der Waals surface area contributed by atoms with E-state index in [9.17, 15) is 4.79 Å². The number of piperazine rings is 1. The highest BCUT2D eigenvalue weighted by atomic mass is 16.2. The maximum Gasteiger partial charge on any atom is 0.219 e. The van der Waals surface area contributed by atoms with Crippen LogP contribution in [-0.2, 0) is 4.79 Å². The number of nitrogens with two attached hydrogens (primary N) is 1. The van der Waals surface area contributed by atoms with Crippen LogP contribution in [-0.4, -0.2) is 42.0 Å². The molecule has 0 unspecified atom stereocenters. The van der Waals surface area contributed by atoms with Gasteiger partial charge in [-0.2, -0.15) is 0 Å². The van der Waals surface area contributed by atoms with E-state index in [1.807, 2.05) is 17.9 Å². The molecule has 0 spiro atoms. The van der Waals surface area contributed by atoms with Crippen LogP contribution >= 0.6 is 0 Å². The number of carbonyl (C=O) groups excluding carboxylic acids is 1. The van der Waals surface area contributed by atoms with Gasteiger partial charge < -0.3 is 15.5 Å². The number of rotatable bonds is 1. The molecule has 0 atom stereocenters.